The zero-order valence-corrected chi connectivity index (χ0v) is 13.3. The van der Waals surface area contributed by atoms with Crippen LogP contribution in [-0.4, -0.2) is 38.0 Å². The minimum atomic E-state index is 0.960. The number of halogens is 1. The van der Waals surface area contributed by atoms with Crippen LogP contribution in [0.2, 0.25) is 0 Å². The van der Waals surface area contributed by atoms with E-state index < -0.39 is 0 Å². The van der Waals surface area contributed by atoms with Gasteiger partial charge in [-0.1, -0.05) is 0 Å². The van der Waals surface area contributed by atoms with Gasteiger partial charge in [0.1, 0.15) is 0 Å². The van der Waals surface area contributed by atoms with Gasteiger partial charge in [-0.25, -0.2) is 0 Å². The van der Waals surface area contributed by atoms with E-state index in [2.05, 4.69) is 71.7 Å². The van der Waals surface area contributed by atoms with Crippen LogP contribution in [0.25, 0.3) is 0 Å². The molecule has 0 bridgehead atoms. The van der Waals surface area contributed by atoms with E-state index in [1.54, 1.807) is 18.8 Å². The number of hydrogen-bond acceptors (Lipinski definition) is 2. The molecule has 0 amide bonds. The van der Waals surface area contributed by atoms with Gasteiger partial charge in [-0.3, -0.25) is 0 Å². The van der Waals surface area contributed by atoms with Gasteiger partial charge in [0.15, 0.2) is 0 Å². The fourth-order valence-electron chi connectivity index (χ4n) is 1.44. The zero-order chi connectivity index (χ0) is 12.6. The maximum absolute atomic E-state index is 4.61. The molecule has 0 radical (unpaired) electrons. The topological polar surface area (TPSA) is 6.48 Å². The van der Waals surface area contributed by atoms with Gasteiger partial charge in [0, 0.05) is 13.1 Å². The van der Waals surface area contributed by atoms with Crippen molar-refractivity contribution in [3.63, 3.8) is 0 Å². The zero-order valence-electron chi connectivity index (χ0n) is 10.2. The Labute approximate surface area is 114 Å². The summed E-state index contributed by atoms with van der Waals surface area (Å²) in [6, 6.07) is 9.78. The summed E-state index contributed by atoms with van der Waals surface area (Å²) in [5, 5.41) is 0. The molecule has 4 heteroatoms. The number of nitrogens with zero attached hydrogens (tertiary/aromatic N) is 2. The Morgan fingerprint density at radius 3 is 1.69 bits per heavy atom. The van der Waals surface area contributed by atoms with E-state index in [9.17, 15) is 0 Å². The molecular formula is C12H19ClN2Pt-. The molecule has 0 atom stereocenters. The van der Waals surface area contributed by atoms with Crippen LogP contribution in [0.3, 0.4) is 0 Å². The van der Waals surface area contributed by atoms with Crippen LogP contribution < -0.4 is 0 Å². The summed E-state index contributed by atoms with van der Waals surface area (Å²) in [7, 11) is 12.9. The summed E-state index contributed by atoms with van der Waals surface area (Å²) in [5.74, 6) is 0. The van der Waals surface area contributed by atoms with Crippen molar-refractivity contribution in [3.05, 3.63) is 35.4 Å². The summed E-state index contributed by atoms with van der Waals surface area (Å²) in [6.45, 7) is 1.92. The first-order chi connectivity index (χ1) is 7.58. The second-order valence-corrected chi connectivity index (χ2v) is 4.18. The Morgan fingerprint density at radius 1 is 1.00 bits per heavy atom. The van der Waals surface area contributed by atoms with Crippen LogP contribution in [-0.2, 0) is 31.9 Å². The van der Waals surface area contributed by atoms with Gasteiger partial charge in [-0.05, 0) is 28.2 Å². The van der Waals surface area contributed by atoms with Gasteiger partial charge in [-0.2, -0.15) is 24.3 Å². The molecule has 0 aliphatic heterocycles. The molecule has 0 spiro atoms. The van der Waals surface area contributed by atoms with Crippen molar-refractivity contribution < 1.29 is 18.8 Å². The van der Waals surface area contributed by atoms with Gasteiger partial charge >= 0.3 is 28.2 Å². The molecule has 1 aromatic carbocycles. The van der Waals surface area contributed by atoms with E-state index in [-0.39, 0.29) is 0 Å². The van der Waals surface area contributed by atoms with Gasteiger partial charge in [0.2, 0.25) is 0 Å². The molecule has 16 heavy (non-hydrogen) atoms. The fraction of sp³-hybridized carbons (Fsp3) is 0.500. The molecule has 1 rings (SSSR count). The molecule has 0 N–H and O–H groups in total. The molecule has 0 unspecified atom stereocenters. The third kappa shape index (κ3) is 7.40. The van der Waals surface area contributed by atoms with Crippen molar-refractivity contribution in [1.82, 2.24) is 9.80 Å². The maximum atomic E-state index is 4.61. The number of hydrogen-bond donors (Lipinski definition) is 0. The predicted molar refractivity (Wildman–Crippen MR) is 65.9 cm³/mol. The van der Waals surface area contributed by atoms with Crippen LogP contribution in [0.5, 0.6) is 0 Å². The van der Waals surface area contributed by atoms with E-state index in [1.165, 1.54) is 11.1 Å². The van der Waals surface area contributed by atoms with E-state index in [0.29, 0.717) is 0 Å². The van der Waals surface area contributed by atoms with Gasteiger partial charge in [0.05, 0.1) is 0 Å². The van der Waals surface area contributed by atoms with Gasteiger partial charge < -0.3 is 9.80 Å². The summed E-state index contributed by atoms with van der Waals surface area (Å²) in [5.41, 5.74) is 2.52. The van der Waals surface area contributed by atoms with Crippen molar-refractivity contribution in [2.45, 2.75) is 13.1 Å². The molecule has 0 aliphatic rings. The van der Waals surface area contributed by atoms with Crippen molar-refractivity contribution in [3.8, 4) is 0 Å². The first-order valence-electron chi connectivity index (χ1n) is 4.99. The standard InChI is InChI=1S/C12H19N2.ClH.Pt/c1-13(2)9-11-6-5-7-12(8-11)10-14(3)4;;/h5-7H,9-10H2,1-4H3;1H;/q-1;;+1/p-1. The average Bonchev–Trinajstić information content (AvgIpc) is 2.19. The molecule has 0 heterocycles. The van der Waals surface area contributed by atoms with Crippen molar-refractivity contribution in [2.24, 2.45) is 0 Å². The Kier molecular flexibility index (Phi) is 9.25. The van der Waals surface area contributed by atoms with Crippen LogP contribution in [0.4, 0.5) is 0 Å². The Bertz CT molecular complexity index is 265. The van der Waals surface area contributed by atoms with Crippen LogP contribution in [0, 0.1) is 6.07 Å². The summed E-state index contributed by atoms with van der Waals surface area (Å²) in [4.78, 5) is 4.32. The second-order valence-electron chi connectivity index (χ2n) is 4.18. The van der Waals surface area contributed by atoms with E-state index in [0.717, 1.165) is 13.1 Å². The second kappa shape index (κ2) is 9.18. The molecule has 0 aliphatic carbocycles. The molecule has 2 nitrogen and oxygen atoms in total. The van der Waals surface area contributed by atoms with Crippen molar-refractivity contribution >= 4 is 9.42 Å². The molecular weight excluding hydrogens is 403 g/mol. The van der Waals surface area contributed by atoms with Crippen LogP contribution >= 0.6 is 9.42 Å². The van der Waals surface area contributed by atoms with Crippen molar-refractivity contribution in [2.75, 3.05) is 28.2 Å². The Morgan fingerprint density at radius 2 is 1.38 bits per heavy atom. The van der Waals surface area contributed by atoms with Gasteiger partial charge in [0.25, 0.3) is 0 Å². The quantitative estimate of drug-likeness (QED) is 0.688. The summed E-state index contributed by atoms with van der Waals surface area (Å²) >= 11 is 1.61. The van der Waals surface area contributed by atoms with Crippen LogP contribution in [0.1, 0.15) is 11.1 Å². The van der Waals surface area contributed by atoms with E-state index in [1.807, 2.05) is 0 Å². The number of rotatable bonds is 4. The molecule has 1 aromatic rings. The first-order valence-corrected chi connectivity index (χ1v) is 7.81. The Hall–Kier alpha value is 0.118. The molecule has 0 aromatic heterocycles. The SMILES string of the molecule is CN(C)Cc1[c-]c(CN(C)C)ccc1.[Cl][Pt]. The molecule has 0 saturated heterocycles. The first kappa shape index (κ1) is 16.1. The molecule has 0 saturated carbocycles. The third-order valence-electron chi connectivity index (χ3n) is 1.89. The Balaban J connectivity index is 0.00000106. The molecule has 95 valence electrons. The average molecular weight is 422 g/mol. The van der Waals surface area contributed by atoms with Crippen LogP contribution in [0.15, 0.2) is 18.2 Å². The van der Waals surface area contributed by atoms with Crippen molar-refractivity contribution in [1.29, 1.82) is 0 Å². The normalized spacial score (nSPS) is 10.3. The third-order valence-corrected chi connectivity index (χ3v) is 1.89. The summed E-state index contributed by atoms with van der Waals surface area (Å²) in [6.07, 6.45) is 0. The minimum absolute atomic E-state index is 0.960. The fourth-order valence-corrected chi connectivity index (χ4v) is 1.44. The van der Waals surface area contributed by atoms with Gasteiger partial charge in [-0.15, -0.1) is 11.1 Å². The molecule has 0 fully saturated rings. The predicted octanol–water partition coefficient (Wildman–Crippen LogP) is 2.30. The monoisotopic (exact) mass is 421 g/mol. The number of benzene rings is 1. The van der Waals surface area contributed by atoms with E-state index in [4.69, 9.17) is 0 Å². The van der Waals surface area contributed by atoms with E-state index >= 15 is 0 Å². The summed E-state index contributed by atoms with van der Waals surface area (Å²) < 4.78 is 0.